The van der Waals surface area contributed by atoms with Gasteiger partial charge in [0.1, 0.15) is 0 Å². The molecule has 0 amide bonds. The fraction of sp³-hybridized carbons (Fsp3) is 0.500. The molecule has 0 aromatic rings. The predicted molar refractivity (Wildman–Crippen MR) is 16.9 cm³/mol. The quantitative estimate of drug-likeness (QED) is 0.588. The second-order valence-corrected chi connectivity index (χ2v) is 0.519. The molecular weight excluding hydrogens is 217 g/mol. The molecule has 0 saturated carbocycles. The average Bonchev–Trinajstić information content (AvgIpc) is 0.811. The molecule has 0 aliphatic rings. The summed E-state index contributed by atoms with van der Waals surface area (Å²) in [6, 6.07) is 0. The smallest absolute Gasteiger partial charge is 0.300 e. The summed E-state index contributed by atoms with van der Waals surface area (Å²) in [4.78, 5) is 9.00. The van der Waals surface area contributed by atoms with Gasteiger partial charge in [-0.1, -0.05) is 0 Å². The number of aliphatic carboxylic acids is 1. The van der Waals surface area contributed by atoms with Crippen LogP contribution in [-0.2, 0) is 4.79 Å². The Morgan fingerprint density at radius 3 is 1.67 bits per heavy atom. The molecule has 0 heterocycles. The number of carboxylic acids is 1. The largest absolute Gasteiger partial charge is 0.481 e. The van der Waals surface area contributed by atoms with Crippen molar-refractivity contribution in [3.05, 3.63) is 0 Å². The van der Waals surface area contributed by atoms with Gasteiger partial charge in [-0.3, -0.25) is 4.79 Å². The monoisotopic (exact) mass is 223 g/mol. The van der Waals surface area contributed by atoms with Gasteiger partial charge in [-0.25, -0.2) is 0 Å². The Kier molecular flexibility index (Phi) is 24.4. The minimum absolute atomic E-state index is 0. The van der Waals surface area contributed by atoms with E-state index in [2.05, 4.69) is 0 Å². The van der Waals surface area contributed by atoms with Crippen molar-refractivity contribution in [2.24, 2.45) is 0 Å². The first-order chi connectivity index (χ1) is 1.73. The molecule has 4 heteroatoms. The van der Waals surface area contributed by atoms with Crippen LogP contribution >= 0.6 is 0 Å². The molecule has 0 aliphatic heterocycles. The Balaban J connectivity index is -0.0000000450. The van der Waals surface area contributed by atoms with E-state index in [-0.39, 0.29) is 45.9 Å². The van der Waals surface area contributed by atoms with E-state index in [9.17, 15) is 0 Å². The van der Waals surface area contributed by atoms with Crippen molar-refractivity contribution >= 4 is 5.97 Å². The van der Waals surface area contributed by atoms with E-state index in [0.29, 0.717) is 0 Å². The molecular formula is C2H6O3Pm. The van der Waals surface area contributed by atoms with Gasteiger partial charge in [-0.15, -0.1) is 0 Å². The molecule has 1 radical (unpaired) electrons. The van der Waals surface area contributed by atoms with E-state index in [0.717, 1.165) is 6.92 Å². The molecule has 0 spiro atoms. The topological polar surface area (TPSA) is 68.8 Å². The normalized spacial score (nSPS) is 4.17. The van der Waals surface area contributed by atoms with Crippen LogP contribution in [-0.4, -0.2) is 16.6 Å². The van der Waals surface area contributed by atoms with Crippen LogP contribution in [0.2, 0.25) is 0 Å². The third-order valence-corrected chi connectivity index (χ3v) is 0. The summed E-state index contributed by atoms with van der Waals surface area (Å²) in [5.74, 6) is -0.833. The number of carboxylic acid groups (broad SMARTS) is 1. The van der Waals surface area contributed by atoms with Gasteiger partial charge in [-0.05, 0) is 0 Å². The van der Waals surface area contributed by atoms with Crippen LogP contribution in [0.3, 0.4) is 0 Å². The van der Waals surface area contributed by atoms with E-state index >= 15 is 0 Å². The molecule has 0 unspecified atom stereocenters. The first-order valence-electron chi connectivity index (χ1n) is 0.928. The van der Waals surface area contributed by atoms with Crippen molar-refractivity contribution in [1.29, 1.82) is 0 Å². The van der Waals surface area contributed by atoms with Crippen LogP contribution < -0.4 is 0 Å². The molecule has 3 N–H and O–H groups in total. The molecule has 0 rings (SSSR count). The maximum atomic E-state index is 9.00. The minimum atomic E-state index is -0.833. The maximum absolute atomic E-state index is 9.00. The summed E-state index contributed by atoms with van der Waals surface area (Å²) >= 11 is 0. The fourth-order valence-electron chi connectivity index (χ4n) is 0. The molecule has 37 valence electrons. The van der Waals surface area contributed by atoms with Gasteiger partial charge in [0.2, 0.25) is 0 Å². The van der Waals surface area contributed by atoms with Crippen molar-refractivity contribution in [3.63, 3.8) is 0 Å². The van der Waals surface area contributed by atoms with Gasteiger partial charge in [0.25, 0.3) is 5.97 Å². The summed E-state index contributed by atoms with van der Waals surface area (Å²) in [6.07, 6.45) is 0. The van der Waals surface area contributed by atoms with Crippen molar-refractivity contribution < 1.29 is 55.8 Å². The van der Waals surface area contributed by atoms with Crippen molar-refractivity contribution in [2.45, 2.75) is 6.92 Å². The Morgan fingerprint density at radius 2 is 1.67 bits per heavy atom. The summed E-state index contributed by atoms with van der Waals surface area (Å²) in [6.45, 7) is 1.08. The van der Waals surface area contributed by atoms with E-state index in [4.69, 9.17) is 9.90 Å². The fourth-order valence-corrected chi connectivity index (χ4v) is 0. The molecule has 0 aromatic carbocycles. The maximum Gasteiger partial charge on any atom is 0.300 e. The van der Waals surface area contributed by atoms with Gasteiger partial charge in [0.05, 0.1) is 0 Å². The van der Waals surface area contributed by atoms with Gasteiger partial charge in [0.15, 0.2) is 0 Å². The standard InChI is InChI=1S/C2H4O2.H2O.Pm/c1-2(3)4;;/h1H3,(H,3,4);1H2;. The Morgan fingerprint density at radius 1 is 1.67 bits per heavy atom. The molecule has 0 aromatic heterocycles. The molecule has 0 aliphatic carbocycles. The van der Waals surface area contributed by atoms with E-state index in [1.165, 1.54) is 0 Å². The Labute approximate surface area is 68.1 Å². The Hall–Kier alpha value is 0.768. The summed E-state index contributed by atoms with van der Waals surface area (Å²) < 4.78 is 0. The van der Waals surface area contributed by atoms with Crippen molar-refractivity contribution in [1.82, 2.24) is 0 Å². The Bertz CT molecular complexity index is 31.8. The molecule has 0 bridgehead atoms. The van der Waals surface area contributed by atoms with E-state index < -0.39 is 5.97 Å². The van der Waals surface area contributed by atoms with Crippen LogP contribution in [0.5, 0.6) is 0 Å². The number of carbonyl (C=O) groups is 1. The van der Waals surface area contributed by atoms with Crippen LogP contribution in [0.4, 0.5) is 0 Å². The number of hydrogen-bond acceptors (Lipinski definition) is 1. The predicted octanol–water partition coefficient (Wildman–Crippen LogP) is -0.734. The van der Waals surface area contributed by atoms with E-state index in [1.54, 1.807) is 0 Å². The zero-order valence-electron chi connectivity index (χ0n) is 3.30. The molecule has 0 saturated heterocycles. The van der Waals surface area contributed by atoms with Gasteiger partial charge in [-0.2, -0.15) is 0 Å². The number of hydrogen-bond donors (Lipinski definition) is 1. The average molecular weight is 223 g/mol. The van der Waals surface area contributed by atoms with Gasteiger partial charge in [0, 0.05) is 47.3 Å². The SMILES string of the molecule is CC(=O)O.O.[Pm]. The summed E-state index contributed by atoms with van der Waals surface area (Å²) in [7, 11) is 0. The minimum Gasteiger partial charge on any atom is -0.481 e. The first kappa shape index (κ1) is 15.9. The zero-order valence-corrected chi connectivity index (χ0v) is 6.17. The summed E-state index contributed by atoms with van der Waals surface area (Å²) in [5, 5.41) is 7.42. The third-order valence-electron chi connectivity index (χ3n) is 0. The molecule has 3 nitrogen and oxygen atoms in total. The first-order valence-corrected chi connectivity index (χ1v) is 0.928. The molecule has 6 heavy (non-hydrogen) atoms. The summed E-state index contributed by atoms with van der Waals surface area (Å²) in [5.41, 5.74) is 0. The van der Waals surface area contributed by atoms with Gasteiger partial charge < -0.3 is 10.6 Å². The molecule has 0 fully saturated rings. The number of rotatable bonds is 0. The van der Waals surface area contributed by atoms with Crippen LogP contribution in [0, 0.1) is 40.4 Å². The van der Waals surface area contributed by atoms with Crippen LogP contribution in [0.1, 0.15) is 6.92 Å². The molecule has 0 atom stereocenters. The van der Waals surface area contributed by atoms with Crippen molar-refractivity contribution in [2.75, 3.05) is 0 Å². The van der Waals surface area contributed by atoms with Crippen molar-refractivity contribution in [3.8, 4) is 0 Å². The second kappa shape index (κ2) is 9.24. The van der Waals surface area contributed by atoms with Crippen LogP contribution in [0.25, 0.3) is 0 Å². The van der Waals surface area contributed by atoms with E-state index in [1.807, 2.05) is 0 Å². The van der Waals surface area contributed by atoms with Gasteiger partial charge >= 0.3 is 0 Å². The zero-order chi connectivity index (χ0) is 3.58. The second-order valence-electron chi connectivity index (χ2n) is 0.519. The third kappa shape index (κ3) is 115. The van der Waals surface area contributed by atoms with Crippen LogP contribution in [0.15, 0.2) is 0 Å².